The third-order valence-corrected chi connectivity index (χ3v) is 6.66. The Balaban J connectivity index is 1.80. The highest BCUT2D eigenvalue weighted by molar-refractivity contribution is 7.80. The molecule has 5 nitrogen and oxygen atoms in total. The van der Waals surface area contributed by atoms with Crippen molar-refractivity contribution in [1.29, 1.82) is 0 Å². The Morgan fingerprint density at radius 3 is 2.39 bits per heavy atom. The van der Waals surface area contributed by atoms with E-state index in [-0.39, 0.29) is 10.7 Å². The largest absolute Gasteiger partial charge is 0.316 e. The zero-order chi connectivity index (χ0) is 24.0. The molecule has 0 radical (unpaired) electrons. The molecule has 2 aromatic carbocycles. The summed E-state index contributed by atoms with van der Waals surface area (Å²) < 4.78 is 1.96. The van der Waals surface area contributed by atoms with Crippen molar-refractivity contribution < 1.29 is 9.59 Å². The molecule has 168 valence electrons. The average Bonchev–Trinajstić information content (AvgIpc) is 3.01. The third kappa shape index (κ3) is 4.10. The van der Waals surface area contributed by atoms with Crippen LogP contribution in [0, 0.1) is 27.7 Å². The Kier molecular flexibility index (Phi) is 6.18. The number of amides is 2. The zero-order valence-corrected chi connectivity index (χ0v) is 20.8. The van der Waals surface area contributed by atoms with Gasteiger partial charge in [-0.2, -0.15) is 0 Å². The van der Waals surface area contributed by atoms with Crippen LogP contribution in [0.3, 0.4) is 0 Å². The lowest BCUT2D eigenvalue weighted by atomic mass is 10.0. The summed E-state index contributed by atoms with van der Waals surface area (Å²) >= 11 is 17.8. The first-order valence-electron chi connectivity index (χ1n) is 10.2. The first-order chi connectivity index (χ1) is 15.6. The summed E-state index contributed by atoms with van der Waals surface area (Å²) in [7, 11) is 0. The second-order valence-electron chi connectivity index (χ2n) is 7.93. The standard InChI is InChI=1S/C25H21Cl2N3O2S/c1-13-6-5-7-21(15(13)3)30-24(32)19(23(31)28-25(30)33)11-17-10-14(2)29(16(17)4)22-9-8-18(26)12-20(22)27/h5-12H,1-4H3,(H,28,31,33)/b19-11+. The number of carbonyl (C=O) groups is 2. The summed E-state index contributed by atoms with van der Waals surface area (Å²) in [6, 6.07) is 12.8. The topological polar surface area (TPSA) is 54.3 Å². The number of halogens is 2. The van der Waals surface area contributed by atoms with Gasteiger partial charge in [-0.05, 0) is 93.0 Å². The third-order valence-electron chi connectivity index (χ3n) is 5.84. The van der Waals surface area contributed by atoms with Gasteiger partial charge in [0, 0.05) is 16.4 Å². The molecule has 2 amide bonds. The van der Waals surface area contributed by atoms with Gasteiger partial charge in [0.1, 0.15) is 5.57 Å². The first kappa shape index (κ1) is 23.2. The summed E-state index contributed by atoms with van der Waals surface area (Å²) in [6.07, 6.45) is 1.60. The van der Waals surface area contributed by atoms with Crippen LogP contribution in [0.25, 0.3) is 11.8 Å². The number of thiocarbonyl (C=S) groups is 1. The van der Waals surface area contributed by atoms with Crippen molar-refractivity contribution in [3.63, 3.8) is 0 Å². The van der Waals surface area contributed by atoms with E-state index in [9.17, 15) is 9.59 Å². The number of carbonyl (C=O) groups excluding carboxylic acids is 2. The van der Waals surface area contributed by atoms with Gasteiger partial charge in [-0.15, -0.1) is 0 Å². The first-order valence-corrected chi connectivity index (χ1v) is 11.4. The van der Waals surface area contributed by atoms with E-state index in [2.05, 4.69) is 5.32 Å². The molecule has 1 N–H and O–H groups in total. The number of nitrogens with one attached hydrogen (secondary N) is 1. The van der Waals surface area contributed by atoms with Crippen molar-refractivity contribution in [1.82, 2.24) is 9.88 Å². The molecule has 1 aliphatic rings. The number of anilines is 1. The highest BCUT2D eigenvalue weighted by atomic mass is 35.5. The molecule has 1 aromatic heterocycles. The van der Waals surface area contributed by atoms with Gasteiger partial charge in [-0.1, -0.05) is 35.3 Å². The maximum atomic E-state index is 13.4. The Morgan fingerprint density at radius 2 is 1.70 bits per heavy atom. The number of rotatable bonds is 3. The van der Waals surface area contributed by atoms with Crippen LogP contribution in [0.5, 0.6) is 0 Å². The number of aryl methyl sites for hydroxylation is 2. The fourth-order valence-corrected chi connectivity index (χ4v) is 4.74. The minimum Gasteiger partial charge on any atom is -0.316 e. The van der Waals surface area contributed by atoms with Crippen molar-refractivity contribution in [3.05, 3.63) is 86.2 Å². The second kappa shape index (κ2) is 8.78. The van der Waals surface area contributed by atoms with Crippen molar-refractivity contribution in [2.75, 3.05) is 4.90 Å². The van der Waals surface area contributed by atoms with Crippen molar-refractivity contribution in [2.24, 2.45) is 0 Å². The molecule has 2 heterocycles. The molecule has 3 aromatic rings. The fraction of sp³-hybridized carbons (Fsp3) is 0.160. The van der Waals surface area contributed by atoms with Crippen LogP contribution in [0.15, 0.2) is 48.0 Å². The van der Waals surface area contributed by atoms with E-state index in [1.165, 1.54) is 4.90 Å². The van der Waals surface area contributed by atoms with Crippen molar-refractivity contribution >= 4 is 64.1 Å². The van der Waals surface area contributed by atoms with Crippen LogP contribution in [0.2, 0.25) is 10.0 Å². The summed E-state index contributed by atoms with van der Waals surface area (Å²) in [5, 5.41) is 3.76. The molecule has 0 saturated carbocycles. The van der Waals surface area contributed by atoms with E-state index in [4.69, 9.17) is 35.4 Å². The summed E-state index contributed by atoms with van der Waals surface area (Å²) in [5.74, 6) is -0.993. The number of benzene rings is 2. The summed E-state index contributed by atoms with van der Waals surface area (Å²) in [6.45, 7) is 7.72. The van der Waals surface area contributed by atoms with Gasteiger partial charge >= 0.3 is 0 Å². The van der Waals surface area contributed by atoms with Gasteiger partial charge in [-0.3, -0.25) is 19.8 Å². The molecule has 0 spiro atoms. The van der Waals surface area contributed by atoms with Crippen LogP contribution in [0.4, 0.5) is 5.69 Å². The molecule has 0 aliphatic carbocycles. The van der Waals surface area contributed by atoms with Gasteiger partial charge in [0.05, 0.1) is 16.4 Å². The summed E-state index contributed by atoms with van der Waals surface area (Å²) in [4.78, 5) is 27.6. The highest BCUT2D eigenvalue weighted by Gasteiger charge is 2.35. The molecule has 1 saturated heterocycles. The van der Waals surface area contributed by atoms with Gasteiger partial charge in [-0.25, -0.2) is 0 Å². The lowest BCUT2D eigenvalue weighted by Gasteiger charge is -2.30. The molecule has 0 bridgehead atoms. The number of hydrogen-bond donors (Lipinski definition) is 1. The monoisotopic (exact) mass is 497 g/mol. The molecular formula is C25H21Cl2N3O2S. The zero-order valence-electron chi connectivity index (χ0n) is 18.5. The van der Waals surface area contributed by atoms with Gasteiger partial charge in [0.25, 0.3) is 11.8 Å². The molecule has 0 atom stereocenters. The van der Waals surface area contributed by atoms with E-state index in [0.29, 0.717) is 15.7 Å². The normalized spacial score (nSPS) is 15.4. The van der Waals surface area contributed by atoms with Gasteiger partial charge < -0.3 is 4.57 Å². The molecule has 4 rings (SSSR count). The molecular weight excluding hydrogens is 477 g/mol. The minimum atomic E-state index is -0.527. The van der Waals surface area contributed by atoms with Crippen LogP contribution in [0.1, 0.15) is 28.1 Å². The predicted octanol–water partition coefficient (Wildman–Crippen LogP) is 5.85. The van der Waals surface area contributed by atoms with Crippen LogP contribution < -0.4 is 10.2 Å². The van der Waals surface area contributed by atoms with E-state index in [1.807, 2.05) is 62.6 Å². The van der Waals surface area contributed by atoms with Crippen LogP contribution in [-0.4, -0.2) is 21.5 Å². The molecule has 33 heavy (non-hydrogen) atoms. The van der Waals surface area contributed by atoms with E-state index >= 15 is 0 Å². The van der Waals surface area contributed by atoms with Crippen molar-refractivity contribution in [3.8, 4) is 5.69 Å². The Labute approximate surface area is 207 Å². The average molecular weight is 498 g/mol. The SMILES string of the molecule is Cc1cccc(N2C(=O)/C(=C/c3cc(C)n(-c4ccc(Cl)cc4Cl)c3C)C(=O)NC2=S)c1C. The smallest absolute Gasteiger partial charge is 0.270 e. The molecule has 8 heteroatoms. The van der Waals surface area contributed by atoms with E-state index in [0.717, 1.165) is 33.8 Å². The highest BCUT2D eigenvalue weighted by Crippen LogP contribution is 2.31. The Morgan fingerprint density at radius 1 is 0.970 bits per heavy atom. The van der Waals surface area contributed by atoms with Gasteiger partial charge in [0.15, 0.2) is 5.11 Å². The lowest BCUT2D eigenvalue weighted by molar-refractivity contribution is -0.122. The number of hydrogen-bond acceptors (Lipinski definition) is 3. The maximum Gasteiger partial charge on any atom is 0.270 e. The summed E-state index contributed by atoms with van der Waals surface area (Å²) in [5.41, 5.74) is 5.81. The molecule has 0 unspecified atom stereocenters. The lowest BCUT2D eigenvalue weighted by Crippen LogP contribution is -2.54. The van der Waals surface area contributed by atoms with E-state index in [1.54, 1.807) is 18.2 Å². The Bertz CT molecular complexity index is 1370. The number of nitrogens with zero attached hydrogens (tertiary/aromatic N) is 2. The molecule has 1 aliphatic heterocycles. The van der Waals surface area contributed by atoms with Crippen LogP contribution >= 0.6 is 35.4 Å². The molecule has 1 fully saturated rings. The van der Waals surface area contributed by atoms with Crippen LogP contribution in [-0.2, 0) is 9.59 Å². The second-order valence-corrected chi connectivity index (χ2v) is 9.16. The maximum absolute atomic E-state index is 13.4. The minimum absolute atomic E-state index is 0.00644. The Hall–Kier alpha value is -2.93. The number of aromatic nitrogens is 1. The quantitative estimate of drug-likeness (QED) is 0.280. The van der Waals surface area contributed by atoms with Gasteiger partial charge in [0.2, 0.25) is 0 Å². The van der Waals surface area contributed by atoms with E-state index < -0.39 is 11.8 Å². The fourth-order valence-electron chi connectivity index (χ4n) is 3.98. The predicted molar refractivity (Wildman–Crippen MR) is 137 cm³/mol. The van der Waals surface area contributed by atoms with Crippen molar-refractivity contribution in [2.45, 2.75) is 27.7 Å².